The molecule has 1 aromatic rings. The smallest absolute Gasteiger partial charge is 0.0681 e. The number of hydrogen-bond donors (Lipinski definition) is 1. The molecule has 0 spiro atoms. The van der Waals surface area contributed by atoms with Crippen LogP contribution in [0.25, 0.3) is 0 Å². The SMILES string of the molecule is CC1CN(Cc2ccc(CO)cc2)CC(C)S1. The summed E-state index contributed by atoms with van der Waals surface area (Å²) in [5, 5.41) is 10.5. The quantitative estimate of drug-likeness (QED) is 0.893. The molecule has 3 heteroatoms. The number of aliphatic hydroxyl groups excluding tert-OH is 1. The second kappa shape index (κ2) is 5.89. The molecule has 2 nitrogen and oxygen atoms in total. The minimum absolute atomic E-state index is 0.134. The number of thioether (sulfide) groups is 1. The minimum atomic E-state index is 0.134. The summed E-state index contributed by atoms with van der Waals surface area (Å²) in [5.74, 6) is 0. The Morgan fingerprint density at radius 1 is 1.12 bits per heavy atom. The summed E-state index contributed by atoms with van der Waals surface area (Å²) in [4.78, 5) is 2.53. The third-order valence-electron chi connectivity index (χ3n) is 3.11. The topological polar surface area (TPSA) is 23.5 Å². The average molecular weight is 251 g/mol. The van der Waals surface area contributed by atoms with Gasteiger partial charge in [0.2, 0.25) is 0 Å². The number of rotatable bonds is 3. The monoisotopic (exact) mass is 251 g/mol. The Morgan fingerprint density at radius 2 is 1.65 bits per heavy atom. The van der Waals surface area contributed by atoms with Crippen LogP contribution in [0.2, 0.25) is 0 Å². The molecule has 1 fully saturated rings. The lowest BCUT2D eigenvalue weighted by atomic mass is 10.1. The summed E-state index contributed by atoms with van der Waals surface area (Å²) < 4.78 is 0. The van der Waals surface area contributed by atoms with E-state index in [0.717, 1.165) is 22.6 Å². The summed E-state index contributed by atoms with van der Waals surface area (Å²) in [6.45, 7) is 8.13. The highest BCUT2D eigenvalue weighted by molar-refractivity contribution is 8.00. The second-order valence-electron chi connectivity index (χ2n) is 4.93. The molecule has 0 bridgehead atoms. The van der Waals surface area contributed by atoms with Crippen molar-refractivity contribution in [3.05, 3.63) is 35.4 Å². The average Bonchev–Trinajstić information content (AvgIpc) is 2.28. The maximum Gasteiger partial charge on any atom is 0.0681 e. The van der Waals surface area contributed by atoms with Crippen LogP contribution < -0.4 is 0 Å². The number of benzene rings is 1. The van der Waals surface area contributed by atoms with Gasteiger partial charge >= 0.3 is 0 Å². The Morgan fingerprint density at radius 3 is 2.18 bits per heavy atom. The summed E-state index contributed by atoms with van der Waals surface area (Å²) >= 11 is 2.09. The third-order valence-corrected chi connectivity index (χ3v) is 4.33. The van der Waals surface area contributed by atoms with E-state index < -0.39 is 0 Å². The third kappa shape index (κ3) is 3.73. The molecular weight excluding hydrogens is 230 g/mol. The van der Waals surface area contributed by atoms with Crippen molar-refractivity contribution in [3.63, 3.8) is 0 Å². The maximum atomic E-state index is 9.01. The van der Waals surface area contributed by atoms with Crippen LogP contribution in [0.5, 0.6) is 0 Å². The molecule has 0 amide bonds. The van der Waals surface area contributed by atoms with Crippen molar-refractivity contribution in [2.24, 2.45) is 0 Å². The van der Waals surface area contributed by atoms with E-state index in [0.29, 0.717) is 0 Å². The number of aliphatic hydroxyl groups is 1. The van der Waals surface area contributed by atoms with Crippen LogP contribution in [-0.4, -0.2) is 33.6 Å². The van der Waals surface area contributed by atoms with Crippen molar-refractivity contribution in [2.45, 2.75) is 37.5 Å². The molecule has 1 N–H and O–H groups in total. The predicted octanol–water partition coefficient (Wildman–Crippen LogP) is 2.50. The minimum Gasteiger partial charge on any atom is -0.392 e. The van der Waals surface area contributed by atoms with E-state index in [-0.39, 0.29) is 6.61 Å². The Balaban J connectivity index is 1.95. The molecule has 2 rings (SSSR count). The molecule has 2 unspecified atom stereocenters. The van der Waals surface area contributed by atoms with Crippen LogP contribution in [0.15, 0.2) is 24.3 Å². The van der Waals surface area contributed by atoms with Crippen molar-refractivity contribution in [2.75, 3.05) is 13.1 Å². The van der Waals surface area contributed by atoms with E-state index in [2.05, 4.69) is 42.6 Å². The van der Waals surface area contributed by atoms with E-state index in [1.807, 2.05) is 12.1 Å². The Kier molecular flexibility index (Phi) is 4.48. The van der Waals surface area contributed by atoms with Crippen molar-refractivity contribution in [1.29, 1.82) is 0 Å². The molecular formula is C14H21NOS. The molecule has 1 saturated heterocycles. The van der Waals surface area contributed by atoms with Crippen LogP contribution in [0.4, 0.5) is 0 Å². The van der Waals surface area contributed by atoms with Gasteiger partial charge in [0.1, 0.15) is 0 Å². The lowest BCUT2D eigenvalue weighted by molar-refractivity contribution is 0.262. The van der Waals surface area contributed by atoms with E-state index in [4.69, 9.17) is 5.11 Å². The Labute approximate surface area is 108 Å². The first-order chi connectivity index (χ1) is 8.17. The van der Waals surface area contributed by atoms with Gasteiger partial charge < -0.3 is 5.11 Å². The van der Waals surface area contributed by atoms with Gasteiger partial charge in [-0.1, -0.05) is 38.1 Å². The van der Waals surface area contributed by atoms with Gasteiger partial charge in [-0.25, -0.2) is 0 Å². The summed E-state index contributed by atoms with van der Waals surface area (Å²) in [6, 6.07) is 8.28. The largest absolute Gasteiger partial charge is 0.392 e. The van der Waals surface area contributed by atoms with Crippen molar-refractivity contribution in [1.82, 2.24) is 4.90 Å². The summed E-state index contributed by atoms with van der Waals surface area (Å²) in [6.07, 6.45) is 0. The predicted molar refractivity (Wildman–Crippen MR) is 74.2 cm³/mol. The first kappa shape index (κ1) is 12.9. The molecule has 1 aliphatic heterocycles. The van der Waals surface area contributed by atoms with Crippen LogP contribution in [0.1, 0.15) is 25.0 Å². The van der Waals surface area contributed by atoms with E-state index in [9.17, 15) is 0 Å². The fourth-order valence-corrected chi connectivity index (χ4v) is 3.81. The highest BCUT2D eigenvalue weighted by Crippen LogP contribution is 2.25. The van der Waals surface area contributed by atoms with Crippen LogP contribution >= 0.6 is 11.8 Å². The zero-order valence-corrected chi connectivity index (χ0v) is 11.4. The van der Waals surface area contributed by atoms with Gasteiger partial charge in [0.25, 0.3) is 0 Å². The molecule has 0 aromatic heterocycles. The number of nitrogens with zero attached hydrogens (tertiary/aromatic N) is 1. The highest BCUT2D eigenvalue weighted by atomic mass is 32.2. The van der Waals surface area contributed by atoms with E-state index >= 15 is 0 Å². The normalized spacial score (nSPS) is 26.1. The molecule has 0 aliphatic carbocycles. The maximum absolute atomic E-state index is 9.01. The fraction of sp³-hybridized carbons (Fsp3) is 0.571. The molecule has 1 heterocycles. The molecule has 0 radical (unpaired) electrons. The first-order valence-corrected chi connectivity index (χ1v) is 7.18. The molecule has 1 aromatic carbocycles. The van der Waals surface area contributed by atoms with Crippen molar-refractivity contribution < 1.29 is 5.11 Å². The molecule has 2 atom stereocenters. The van der Waals surface area contributed by atoms with Gasteiger partial charge in [-0.2, -0.15) is 11.8 Å². The fourth-order valence-electron chi connectivity index (χ4n) is 2.42. The van der Waals surface area contributed by atoms with E-state index in [1.165, 1.54) is 18.7 Å². The van der Waals surface area contributed by atoms with Gasteiger partial charge in [-0.15, -0.1) is 0 Å². The van der Waals surface area contributed by atoms with E-state index in [1.54, 1.807) is 0 Å². The van der Waals surface area contributed by atoms with Gasteiger partial charge in [-0.3, -0.25) is 4.90 Å². The zero-order valence-electron chi connectivity index (χ0n) is 10.6. The first-order valence-electron chi connectivity index (χ1n) is 6.24. The molecule has 0 saturated carbocycles. The van der Waals surface area contributed by atoms with Gasteiger partial charge in [0.05, 0.1) is 6.61 Å². The van der Waals surface area contributed by atoms with Gasteiger partial charge in [-0.05, 0) is 11.1 Å². The number of hydrogen-bond acceptors (Lipinski definition) is 3. The summed E-state index contributed by atoms with van der Waals surface area (Å²) in [5.41, 5.74) is 2.33. The lowest BCUT2D eigenvalue weighted by Crippen LogP contribution is -2.39. The Bertz CT molecular complexity index is 342. The van der Waals surface area contributed by atoms with Gasteiger partial charge in [0.15, 0.2) is 0 Å². The highest BCUT2D eigenvalue weighted by Gasteiger charge is 2.21. The molecule has 94 valence electrons. The van der Waals surface area contributed by atoms with Crippen molar-refractivity contribution >= 4 is 11.8 Å². The molecule has 1 aliphatic rings. The Hall–Kier alpha value is -0.510. The zero-order chi connectivity index (χ0) is 12.3. The summed E-state index contributed by atoms with van der Waals surface area (Å²) in [7, 11) is 0. The van der Waals surface area contributed by atoms with Crippen LogP contribution in [0.3, 0.4) is 0 Å². The van der Waals surface area contributed by atoms with Gasteiger partial charge in [0, 0.05) is 30.1 Å². The molecule has 17 heavy (non-hydrogen) atoms. The van der Waals surface area contributed by atoms with Crippen molar-refractivity contribution in [3.8, 4) is 0 Å². The second-order valence-corrected chi connectivity index (χ2v) is 6.81. The van der Waals surface area contributed by atoms with Crippen LogP contribution in [-0.2, 0) is 13.2 Å². The lowest BCUT2D eigenvalue weighted by Gasteiger charge is -2.34. The van der Waals surface area contributed by atoms with Crippen LogP contribution in [0, 0.1) is 0 Å². The standard InChI is InChI=1S/C14H21NOS/c1-11-7-15(8-12(2)17-11)9-13-3-5-14(10-16)6-4-13/h3-6,11-12,16H,7-10H2,1-2H3.